The van der Waals surface area contributed by atoms with Gasteiger partial charge in [0, 0.05) is 70.3 Å². The summed E-state index contributed by atoms with van der Waals surface area (Å²) in [5.41, 5.74) is 3.43. The van der Waals surface area contributed by atoms with Crippen molar-refractivity contribution in [2.75, 3.05) is 49.1 Å². The number of rotatable bonds is 4. The molecular weight excluding hydrogens is 326 g/mol. The van der Waals surface area contributed by atoms with Crippen LogP contribution in [0.3, 0.4) is 0 Å². The topological polar surface area (TPSA) is 53.3 Å². The third kappa shape index (κ3) is 3.67. The fraction of sp³-hybridized carbons (Fsp3) is 0.632. The van der Waals surface area contributed by atoms with E-state index < -0.39 is 0 Å². The van der Waals surface area contributed by atoms with E-state index >= 15 is 0 Å². The Morgan fingerprint density at radius 1 is 0.885 bits per heavy atom. The zero-order valence-electron chi connectivity index (χ0n) is 16.1. The summed E-state index contributed by atoms with van der Waals surface area (Å²) in [5.74, 6) is 1.98. The summed E-state index contributed by atoms with van der Waals surface area (Å²) in [4.78, 5) is 16.7. The molecule has 140 valence electrons. The predicted octanol–water partition coefficient (Wildman–Crippen LogP) is 1.75. The van der Waals surface area contributed by atoms with Crippen LogP contribution in [0.5, 0.6) is 0 Å². The largest absolute Gasteiger partial charge is 0.354 e. The van der Waals surface area contributed by atoms with Gasteiger partial charge in [-0.25, -0.2) is 4.98 Å². The van der Waals surface area contributed by atoms with Crippen molar-refractivity contribution >= 4 is 11.8 Å². The van der Waals surface area contributed by atoms with Crippen molar-refractivity contribution in [1.29, 1.82) is 0 Å². The van der Waals surface area contributed by atoms with Gasteiger partial charge in [-0.15, -0.1) is 0 Å². The number of anilines is 2. The predicted molar refractivity (Wildman–Crippen MR) is 104 cm³/mol. The molecule has 26 heavy (non-hydrogen) atoms. The van der Waals surface area contributed by atoms with Gasteiger partial charge in [-0.1, -0.05) is 0 Å². The Labute approximate surface area is 155 Å². The van der Waals surface area contributed by atoms with E-state index in [-0.39, 0.29) is 0 Å². The number of aromatic nitrogens is 4. The summed E-state index contributed by atoms with van der Waals surface area (Å²) >= 11 is 0. The molecule has 2 aromatic rings. The van der Waals surface area contributed by atoms with Crippen LogP contribution in [-0.4, -0.2) is 63.9 Å². The average Bonchev–Trinajstić information content (AvgIpc) is 3.26. The van der Waals surface area contributed by atoms with E-state index in [0.29, 0.717) is 0 Å². The molecule has 0 aliphatic carbocycles. The Balaban J connectivity index is 1.39. The molecule has 0 amide bonds. The molecule has 4 heterocycles. The SMILES string of the molecule is Cc1cc(N2CCN(Cc3cc(C)n(C)n3)CC2)nc(N2CCCC2)n1. The van der Waals surface area contributed by atoms with Crippen molar-refractivity contribution in [3.8, 4) is 0 Å². The van der Waals surface area contributed by atoms with Crippen LogP contribution in [0.25, 0.3) is 0 Å². The monoisotopic (exact) mass is 355 g/mol. The highest BCUT2D eigenvalue weighted by atomic mass is 15.3. The Morgan fingerprint density at radius 3 is 2.27 bits per heavy atom. The molecule has 2 saturated heterocycles. The van der Waals surface area contributed by atoms with Crippen LogP contribution in [0.4, 0.5) is 11.8 Å². The van der Waals surface area contributed by atoms with Crippen molar-refractivity contribution in [2.45, 2.75) is 33.2 Å². The van der Waals surface area contributed by atoms with E-state index in [9.17, 15) is 0 Å². The minimum atomic E-state index is 0.906. The highest BCUT2D eigenvalue weighted by Crippen LogP contribution is 2.22. The van der Waals surface area contributed by atoms with Crippen LogP contribution in [0.2, 0.25) is 0 Å². The van der Waals surface area contributed by atoms with Crippen LogP contribution < -0.4 is 9.80 Å². The molecule has 0 N–H and O–H groups in total. The molecule has 7 nitrogen and oxygen atoms in total. The molecule has 0 radical (unpaired) electrons. The molecule has 0 atom stereocenters. The van der Waals surface area contributed by atoms with Crippen molar-refractivity contribution in [3.63, 3.8) is 0 Å². The molecule has 0 saturated carbocycles. The summed E-state index contributed by atoms with van der Waals surface area (Å²) < 4.78 is 1.95. The van der Waals surface area contributed by atoms with Gasteiger partial charge in [0.25, 0.3) is 0 Å². The summed E-state index contributed by atoms with van der Waals surface area (Å²) in [6, 6.07) is 4.31. The van der Waals surface area contributed by atoms with Gasteiger partial charge in [0.15, 0.2) is 0 Å². The Kier molecular flexibility index (Phi) is 4.80. The average molecular weight is 355 g/mol. The molecule has 4 rings (SSSR count). The minimum absolute atomic E-state index is 0.906. The van der Waals surface area contributed by atoms with Gasteiger partial charge in [0.1, 0.15) is 5.82 Å². The zero-order valence-corrected chi connectivity index (χ0v) is 16.1. The smallest absolute Gasteiger partial charge is 0.227 e. The van der Waals surface area contributed by atoms with Gasteiger partial charge in [0.05, 0.1) is 5.69 Å². The van der Waals surface area contributed by atoms with E-state index in [4.69, 9.17) is 4.98 Å². The third-order valence-corrected chi connectivity index (χ3v) is 5.46. The van der Waals surface area contributed by atoms with Gasteiger partial charge in [-0.3, -0.25) is 9.58 Å². The summed E-state index contributed by atoms with van der Waals surface area (Å²) in [6.07, 6.45) is 2.50. The van der Waals surface area contributed by atoms with Gasteiger partial charge in [-0.05, 0) is 32.8 Å². The maximum absolute atomic E-state index is 4.87. The number of aryl methyl sites for hydroxylation is 3. The first-order valence-electron chi connectivity index (χ1n) is 9.66. The van der Waals surface area contributed by atoms with Gasteiger partial charge in [0.2, 0.25) is 5.95 Å². The highest BCUT2D eigenvalue weighted by molar-refractivity contribution is 5.46. The Morgan fingerprint density at radius 2 is 1.62 bits per heavy atom. The molecule has 2 aromatic heterocycles. The van der Waals surface area contributed by atoms with Crippen molar-refractivity contribution in [3.05, 3.63) is 29.2 Å². The van der Waals surface area contributed by atoms with E-state index in [1.54, 1.807) is 0 Å². The molecule has 7 heteroatoms. The summed E-state index contributed by atoms with van der Waals surface area (Å²) in [6.45, 7) is 11.4. The van der Waals surface area contributed by atoms with E-state index in [0.717, 1.165) is 69.0 Å². The lowest BCUT2D eigenvalue weighted by Gasteiger charge is -2.35. The maximum atomic E-state index is 4.87. The van der Waals surface area contributed by atoms with Crippen LogP contribution in [0.1, 0.15) is 29.9 Å². The Hall–Kier alpha value is -2.15. The lowest BCUT2D eigenvalue weighted by atomic mass is 10.2. The molecular formula is C19H29N7. The fourth-order valence-electron chi connectivity index (χ4n) is 3.83. The molecule has 0 spiro atoms. The number of hydrogen-bond acceptors (Lipinski definition) is 6. The highest BCUT2D eigenvalue weighted by Gasteiger charge is 2.22. The van der Waals surface area contributed by atoms with Crippen molar-refractivity contribution < 1.29 is 0 Å². The molecule has 2 aliphatic heterocycles. The van der Waals surface area contributed by atoms with Crippen LogP contribution in [0.15, 0.2) is 12.1 Å². The standard InChI is InChI=1S/C19H29N7/c1-15-12-18(21-19(20-15)26-6-4-5-7-26)25-10-8-24(9-11-25)14-17-13-16(2)23(3)22-17/h12-13H,4-11,14H2,1-3H3. The lowest BCUT2D eigenvalue weighted by molar-refractivity contribution is 0.246. The molecule has 0 aromatic carbocycles. The van der Waals surface area contributed by atoms with Gasteiger partial charge in [-0.2, -0.15) is 10.1 Å². The maximum Gasteiger partial charge on any atom is 0.227 e. The summed E-state index contributed by atoms with van der Waals surface area (Å²) in [5, 5.41) is 4.58. The zero-order chi connectivity index (χ0) is 18.1. The first-order chi connectivity index (χ1) is 12.6. The normalized spacial score (nSPS) is 18.7. The first kappa shape index (κ1) is 17.3. The quantitative estimate of drug-likeness (QED) is 0.833. The van der Waals surface area contributed by atoms with Crippen molar-refractivity contribution in [1.82, 2.24) is 24.6 Å². The second-order valence-electron chi connectivity index (χ2n) is 7.53. The Bertz CT molecular complexity index is 736. The number of nitrogens with zero attached hydrogens (tertiary/aromatic N) is 7. The molecule has 0 bridgehead atoms. The molecule has 0 unspecified atom stereocenters. The van der Waals surface area contributed by atoms with Gasteiger partial charge < -0.3 is 9.80 Å². The second-order valence-corrected chi connectivity index (χ2v) is 7.53. The van der Waals surface area contributed by atoms with E-state index in [2.05, 4.69) is 50.8 Å². The minimum Gasteiger partial charge on any atom is -0.354 e. The van der Waals surface area contributed by atoms with Crippen LogP contribution in [0, 0.1) is 13.8 Å². The number of piperazine rings is 1. The third-order valence-electron chi connectivity index (χ3n) is 5.46. The second kappa shape index (κ2) is 7.23. The first-order valence-corrected chi connectivity index (χ1v) is 9.66. The van der Waals surface area contributed by atoms with E-state index in [1.165, 1.54) is 18.5 Å². The van der Waals surface area contributed by atoms with Crippen LogP contribution in [-0.2, 0) is 13.6 Å². The van der Waals surface area contributed by atoms with Gasteiger partial charge >= 0.3 is 0 Å². The molecule has 2 aliphatic rings. The summed E-state index contributed by atoms with van der Waals surface area (Å²) in [7, 11) is 2.01. The van der Waals surface area contributed by atoms with E-state index in [1.807, 2.05) is 11.7 Å². The molecule has 2 fully saturated rings. The fourth-order valence-corrected chi connectivity index (χ4v) is 3.83. The lowest BCUT2D eigenvalue weighted by Crippen LogP contribution is -2.46. The van der Waals surface area contributed by atoms with Crippen molar-refractivity contribution in [2.24, 2.45) is 7.05 Å². The van der Waals surface area contributed by atoms with Crippen LogP contribution >= 0.6 is 0 Å². The number of hydrogen-bond donors (Lipinski definition) is 0.